The van der Waals surface area contributed by atoms with Crippen molar-refractivity contribution in [1.29, 1.82) is 0 Å². The standard InChI is InChI=1S/C31H35F3N4O3S/c1-20-18-35-19-25(38(20)42(40,41)26-12-13-26)11-14-27-28(34)9-4-10-29(27)37-30(16-21-5-2-6-22(32)15-21)31(39)36-24-8-3-7-23(33)17-24/h2-10,15,17,20,25-26,30,35,37H,11-14,16,18-19H2,1H3,(H,36,39)/t20-,25+,30+/m1/s1. The maximum absolute atomic E-state index is 15.3. The van der Waals surface area contributed by atoms with Crippen molar-refractivity contribution in [2.45, 2.75) is 62.4 Å². The van der Waals surface area contributed by atoms with Crippen LogP contribution in [-0.2, 0) is 27.7 Å². The number of nitrogens with one attached hydrogen (secondary N) is 3. The lowest BCUT2D eigenvalue weighted by molar-refractivity contribution is -0.116. The maximum Gasteiger partial charge on any atom is 0.247 e. The van der Waals surface area contributed by atoms with Crippen LogP contribution in [0.15, 0.2) is 66.7 Å². The lowest BCUT2D eigenvalue weighted by Gasteiger charge is -2.40. The molecule has 1 amide bonds. The smallest absolute Gasteiger partial charge is 0.247 e. The highest BCUT2D eigenvalue weighted by molar-refractivity contribution is 7.90. The number of piperazine rings is 1. The quantitative estimate of drug-likeness (QED) is 0.293. The van der Waals surface area contributed by atoms with Gasteiger partial charge < -0.3 is 16.0 Å². The summed E-state index contributed by atoms with van der Waals surface area (Å²) in [6, 6.07) is 14.3. The minimum Gasteiger partial charge on any atom is -0.373 e. The highest BCUT2D eigenvalue weighted by Crippen LogP contribution is 2.35. The number of carbonyl (C=O) groups excluding carboxylic acids is 1. The Balaban J connectivity index is 1.38. The third-order valence-corrected chi connectivity index (χ3v) is 10.3. The molecule has 2 aliphatic rings. The van der Waals surface area contributed by atoms with Crippen LogP contribution in [0.4, 0.5) is 24.5 Å². The maximum atomic E-state index is 15.3. The van der Waals surface area contributed by atoms with E-state index in [-0.39, 0.29) is 35.9 Å². The van der Waals surface area contributed by atoms with Crippen LogP contribution in [-0.4, -0.2) is 55.1 Å². The molecule has 1 aliphatic heterocycles. The summed E-state index contributed by atoms with van der Waals surface area (Å²) in [7, 11) is -3.44. The fourth-order valence-electron chi connectivity index (χ4n) is 5.58. The molecule has 0 bridgehead atoms. The van der Waals surface area contributed by atoms with Crippen molar-refractivity contribution in [2.75, 3.05) is 23.7 Å². The van der Waals surface area contributed by atoms with Crippen molar-refractivity contribution in [1.82, 2.24) is 9.62 Å². The predicted octanol–water partition coefficient (Wildman–Crippen LogP) is 4.85. The molecule has 1 saturated heterocycles. The number of amides is 1. The minimum atomic E-state index is -3.44. The zero-order valence-electron chi connectivity index (χ0n) is 23.3. The number of rotatable bonds is 11. The zero-order valence-corrected chi connectivity index (χ0v) is 24.1. The second kappa shape index (κ2) is 12.8. The lowest BCUT2D eigenvalue weighted by Crippen LogP contribution is -2.59. The second-order valence-electron chi connectivity index (χ2n) is 11.1. The SMILES string of the molecule is C[C@@H]1CNC[C@H](CCc2c(F)cccc2N[C@@H](Cc2cccc(F)c2)C(=O)Nc2cccc(F)c2)N1S(=O)(=O)C1CC1. The third kappa shape index (κ3) is 7.14. The van der Waals surface area contributed by atoms with E-state index >= 15 is 4.39 Å². The number of sulfonamides is 1. The Labute approximate surface area is 244 Å². The molecule has 1 heterocycles. The molecule has 7 nitrogen and oxygen atoms in total. The molecule has 2 fully saturated rings. The number of carbonyl (C=O) groups is 1. The van der Waals surface area contributed by atoms with Crippen molar-refractivity contribution in [3.63, 3.8) is 0 Å². The van der Waals surface area contributed by atoms with Crippen molar-refractivity contribution in [2.24, 2.45) is 0 Å². The molecule has 1 saturated carbocycles. The van der Waals surface area contributed by atoms with Gasteiger partial charge in [-0.3, -0.25) is 4.79 Å². The number of hydrogen-bond donors (Lipinski definition) is 3. The Morgan fingerprint density at radius 1 is 1.00 bits per heavy atom. The van der Waals surface area contributed by atoms with Gasteiger partial charge in [-0.25, -0.2) is 21.6 Å². The van der Waals surface area contributed by atoms with Crippen molar-refractivity contribution < 1.29 is 26.4 Å². The molecular formula is C31H35F3N4O3S. The van der Waals surface area contributed by atoms with E-state index in [1.165, 1.54) is 42.5 Å². The highest BCUT2D eigenvalue weighted by atomic mass is 32.2. The number of benzene rings is 3. The van der Waals surface area contributed by atoms with Gasteiger partial charge in [-0.1, -0.05) is 24.3 Å². The summed E-state index contributed by atoms with van der Waals surface area (Å²) < 4.78 is 71.1. The van der Waals surface area contributed by atoms with Crippen molar-refractivity contribution in [3.8, 4) is 0 Å². The fourth-order valence-corrected chi connectivity index (χ4v) is 7.82. The molecular weight excluding hydrogens is 565 g/mol. The third-order valence-electron chi connectivity index (χ3n) is 7.77. The first-order chi connectivity index (χ1) is 20.1. The first-order valence-electron chi connectivity index (χ1n) is 14.2. The summed E-state index contributed by atoms with van der Waals surface area (Å²) >= 11 is 0. The molecule has 3 atom stereocenters. The van der Waals surface area contributed by atoms with E-state index in [1.54, 1.807) is 28.6 Å². The van der Waals surface area contributed by atoms with Crippen LogP contribution in [0, 0.1) is 17.5 Å². The van der Waals surface area contributed by atoms with Gasteiger partial charge in [0.1, 0.15) is 23.5 Å². The van der Waals surface area contributed by atoms with Crippen LogP contribution in [0.3, 0.4) is 0 Å². The largest absolute Gasteiger partial charge is 0.373 e. The summed E-state index contributed by atoms with van der Waals surface area (Å²) in [6.07, 6.45) is 2.01. The van der Waals surface area contributed by atoms with Crippen molar-refractivity contribution >= 4 is 27.3 Å². The summed E-state index contributed by atoms with van der Waals surface area (Å²) in [5, 5.41) is 8.78. The van der Waals surface area contributed by atoms with Gasteiger partial charge in [-0.15, -0.1) is 0 Å². The van der Waals surface area contributed by atoms with Crippen LogP contribution >= 0.6 is 0 Å². The molecule has 42 heavy (non-hydrogen) atoms. The average Bonchev–Trinajstić information content (AvgIpc) is 3.79. The van der Waals surface area contributed by atoms with E-state index in [4.69, 9.17) is 0 Å². The van der Waals surface area contributed by atoms with Crippen LogP contribution in [0.2, 0.25) is 0 Å². The summed E-state index contributed by atoms with van der Waals surface area (Å²) in [6.45, 7) is 2.90. The number of anilines is 2. The zero-order chi connectivity index (χ0) is 29.9. The van der Waals surface area contributed by atoms with E-state index in [0.29, 0.717) is 49.2 Å². The molecule has 0 spiro atoms. The first kappa shape index (κ1) is 30.1. The normalized spacial score (nSPS) is 20.2. The Kier molecular flexibility index (Phi) is 9.19. The number of nitrogens with zero attached hydrogens (tertiary/aromatic N) is 1. The van der Waals surface area contributed by atoms with Gasteiger partial charge in [0.05, 0.1) is 5.25 Å². The molecule has 11 heteroatoms. The summed E-state index contributed by atoms with van der Waals surface area (Å²) in [5.41, 5.74) is 1.49. The van der Waals surface area contributed by atoms with Gasteiger partial charge >= 0.3 is 0 Å². The molecule has 1 aliphatic carbocycles. The molecule has 224 valence electrons. The van der Waals surface area contributed by atoms with E-state index in [0.717, 1.165) is 0 Å². The minimum absolute atomic E-state index is 0.0757. The van der Waals surface area contributed by atoms with E-state index < -0.39 is 39.4 Å². The molecule has 3 aromatic rings. The number of halogens is 3. The molecule has 0 radical (unpaired) electrons. The number of hydrogen-bond acceptors (Lipinski definition) is 5. The lowest BCUT2D eigenvalue weighted by atomic mass is 9.99. The van der Waals surface area contributed by atoms with Crippen molar-refractivity contribution in [3.05, 3.63) is 95.3 Å². The van der Waals surface area contributed by atoms with Gasteiger partial charge in [-0.2, -0.15) is 4.31 Å². The molecule has 3 N–H and O–H groups in total. The summed E-state index contributed by atoms with van der Waals surface area (Å²) in [4.78, 5) is 13.4. The van der Waals surface area contributed by atoms with Gasteiger partial charge in [-0.05, 0) is 80.6 Å². The van der Waals surface area contributed by atoms with Crippen LogP contribution in [0.25, 0.3) is 0 Å². The molecule has 0 unspecified atom stereocenters. The predicted molar refractivity (Wildman–Crippen MR) is 157 cm³/mol. The van der Waals surface area contributed by atoms with E-state index in [9.17, 15) is 22.0 Å². The molecule has 0 aromatic heterocycles. The fraction of sp³-hybridized carbons (Fsp3) is 0.387. The Hall–Kier alpha value is -3.41. The Bertz CT molecular complexity index is 1530. The van der Waals surface area contributed by atoms with Crippen LogP contribution < -0.4 is 16.0 Å². The average molecular weight is 601 g/mol. The van der Waals surface area contributed by atoms with Gasteiger partial charge in [0.25, 0.3) is 0 Å². The van der Waals surface area contributed by atoms with Crippen LogP contribution in [0.5, 0.6) is 0 Å². The van der Waals surface area contributed by atoms with Gasteiger partial charge in [0.15, 0.2) is 0 Å². The van der Waals surface area contributed by atoms with Gasteiger partial charge in [0.2, 0.25) is 15.9 Å². The van der Waals surface area contributed by atoms with E-state index in [2.05, 4.69) is 16.0 Å². The van der Waals surface area contributed by atoms with E-state index in [1.807, 2.05) is 6.92 Å². The van der Waals surface area contributed by atoms with Crippen LogP contribution in [0.1, 0.15) is 37.3 Å². The first-order valence-corrected chi connectivity index (χ1v) is 15.7. The molecule has 3 aromatic carbocycles. The Morgan fingerprint density at radius 3 is 2.43 bits per heavy atom. The molecule has 5 rings (SSSR count). The Morgan fingerprint density at radius 2 is 1.71 bits per heavy atom. The van der Waals surface area contributed by atoms with Gasteiger partial charge in [0, 0.05) is 48.5 Å². The topological polar surface area (TPSA) is 90.5 Å². The second-order valence-corrected chi connectivity index (χ2v) is 13.2. The highest BCUT2D eigenvalue weighted by Gasteiger charge is 2.45. The monoisotopic (exact) mass is 600 g/mol. The summed E-state index contributed by atoms with van der Waals surface area (Å²) in [5.74, 6) is -1.96.